The van der Waals surface area contributed by atoms with Crippen molar-refractivity contribution in [2.75, 3.05) is 7.05 Å². The highest BCUT2D eigenvalue weighted by Gasteiger charge is 2.31. The molecule has 8 nitrogen and oxygen atoms in total. The van der Waals surface area contributed by atoms with Gasteiger partial charge < -0.3 is 30.1 Å². The summed E-state index contributed by atoms with van der Waals surface area (Å²) in [6, 6.07) is 7.28. The van der Waals surface area contributed by atoms with E-state index in [0.29, 0.717) is 11.1 Å². The van der Waals surface area contributed by atoms with E-state index in [1.807, 2.05) is 0 Å². The molecule has 2 aromatic carbocycles. The molecule has 1 amide bonds. The van der Waals surface area contributed by atoms with Gasteiger partial charge in [-0.15, -0.1) is 0 Å². The summed E-state index contributed by atoms with van der Waals surface area (Å²) in [6.07, 6.45) is 2.73. The molecule has 0 bridgehead atoms. The molecule has 0 fully saturated rings. The summed E-state index contributed by atoms with van der Waals surface area (Å²) in [5.74, 6) is -2.33. The first kappa shape index (κ1) is 23.6. The number of phenols is 4. The number of hydrogen-bond acceptors (Lipinski definition) is 7. The Morgan fingerprint density at radius 2 is 1.55 bits per heavy atom. The lowest BCUT2D eigenvalue weighted by atomic mass is 10.0. The number of esters is 1. The average Bonchev–Trinajstić information content (AvgIpc) is 2.67. The fourth-order valence-corrected chi connectivity index (χ4v) is 2.75. The van der Waals surface area contributed by atoms with Crippen molar-refractivity contribution in [2.24, 2.45) is 0 Å². The Bertz CT molecular complexity index is 992. The maximum Gasteiger partial charge on any atom is 0.329 e. The van der Waals surface area contributed by atoms with Gasteiger partial charge in [0.2, 0.25) is 5.91 Å². The van der Waals surface area contributed by atoms with Gasteiger partial charge in [0.1, 0.15) is 11.6 Å². The van der Waals surface area contributed by atoms with Gasteiger partial charge >= 0.3 is 5.97 Å². The smallest absolute Gasteiger partial charge is 0.329 e. The van der Waals surface area contributed by atoms with Gasteiger partial charge in [0.05, 0.1) is 0 Å². The van der Waals surface area contributed by atoms with Crippen LogP contribution in [0.15, 0.2) is 42.5 Å². The molecule has 0 heterocycles. The zero-order chi connectivity index (χ0) is 23.3. The standard InChI is InChI=1S/C23H27NO7/c1-23(2,3)31-22(30)16(11-15-6-9-18(26)20(28)13-15)24(4)21(29)10-7-14-5-8-17(25)19(27)12-14/h5-10,12-13,16,25-28H,11H2,1-4H3/t16-/m0/s1. The number of benzene rings is 2. The summed E-state index contributed by atoms with van der Waals surface area (Å²) >= 11 is 0. The number of ether oxygens (including phenoxy) is 1. The van der Waals surface area contributed by atoms with Crippen molar-refractivity contribution >= 4 is 18.0 Å². The number of carbonyl (C=O) groups excluding carboxylic acids is 2. The molecule has 31 heavy (non-hydrogen) atoms. The molecule has 0 saturated carbocycles. The van der Waals surface area contributed by atoms with Crippen LogP contribution < -0.4 is 0 Å². The number of carbonyl (C=O) groups is 2. The lowest BCUT2D eigenvalue weighted by Crippen LogP contribution is -2.46. The van der Waals surface area contributed by atoms with E-state index in [2.05, 4.69) is 0 Å². The van der Waals surface area contributed by atoms with E-state index >= 15 is 0 Å². The third-order valence-electron chi connectivity index (χ3n) is 4.38. The number of rotatable bonds is 6. The molecule has 8 heteroatoms. The Kier molecular flexibility index (Phi) is 7.17. The van der Waals surface area contributed by atoms with E-state index in [4.69, 9.17) is 4.74 Å². The molecule has 0 unspecified atom stereocenters. The van der Waals surface area contributed by atoms with Crippen LogP contribution in [-0.2, 0) is 20.7 Å². The van der Waals surface area contributed by atoms with Gasteiger partial charge in [0.15, 0.2) is 23.0 Å². The van der Waals surface area contributed by atoms with Gasteiger partial charge in [-0.1, -0.05) is 12.1 Å². The molecule has 0 aliphatic carbocycles. The van der Waals surface area contributed by atoms with Crippen molar-refractivity contribution < 1.29 is 34.8 Å². The second-order valence-electron chi connectivity index (χ2n) is 8.11. The summed E-state index contributed by atoms with van der Waals surface area (Å²) in [4.78, 5) is 26.7. The first-order chi connectivity index (χ1) is 14.4. The van der Waals surface area contributed by atoms with Crippen LogP contribution in [0.1, 0.15) is 31.9 Å². The number of aromatic hydroxyl groups is 4. The second-order valence-corrected chi connectivity index (χ2v) is 8.11. The molecule has 2 aromatic rings. The van der Waals surface area contributed by atoms with Crippen LogP contribution in [0.3, 0.4) is 0 Å². The monoisotopic (exact) mass is 429 g/mol. The fraction of sp³-hybridized carbons (Fsp3) is 0.304. The van der Waals surface area contributed by atoms with Gasteiger partial charge in [0, 0.05) is 19.5 Å². The third kappa shape index (κ3) is 6.67. The molecule has 1 atom stereocenters. The maximum atomic E-state index is 12.8. The largest absolute Gasteiger partial charge is 0.504 e. The molecule has 0 aliphatic rings. The van der Waals surface area contributed by atoms with E-state index in [9.17, 15) is 30.0 Å². The van der Waals surface area contributed by atoms with Crippen molar-refractivity contribution in [1.82, 2.24) is 4.90 Å². The Labute approximate surface area is 180 Å². The van der Waals surface area contributed by atoms with E-state index in [1.54, 1.807) is 26.8 Å². The summed E-state index contributed by atoms with van der Waals surface area (Å²) in [6.45, 7) is 5.15. The number of likely N-dealkylation sites (N-methyl/N-ethyl adjacent to an activating group) is 1. The molecular weight excluding hydrogens is 402 g/mol. The van der Waals surface area contributed by atoms with Crippen LogP contribution in [0.4, 0.5) is 0 Å². The first-order valence-corrected chi connectivity index (χ1v) is 9.58. The minimum atomic E-state index is -0.992. The summed E-state index contributed by atoms with van der Waals surface area (Å²) < 4.78 is 5.46. The van der Waals surface area contributed by atoms with Crippen LogP contribution in [0.2, 0.25) is 0 Å². The minimum absolute atomic E-state index is 0.0544. The Morgan fingerprint density at radius 3 is 2.10 bits per heavy atom. The van der Waals surface area contributed by atoms with Gasteiger partial charge in [-0.3, -0.25) is 4.79 Å². The number of hydrogen-bond donors (Lipinski definition) is 4. The van der Waals surface area contributed by atoms with E-state index in [-0.39, 0.29) is 29.4 Å². The highest BCUT2D eigenvalue weighted by molar-refractivity contribution is 5.94. The molecular formula is C23H27NO7. The molecule has 0 aliphatic heterocycles. The highest BCUT2D eigenvalue weighted by Crippen LogP contribution is 2.27. The summed E-state index contributed by atoms with van der Waals surface area (Å²) in [5.41, 5.74) is 0.239. The van der Waals surface area contributed by atoms with Crippen LogP contribution in [0.5, 0.6) is 23.0 Å². The molecule has 0 radical (unpaired) electrons. The van der Waals surface area contributed by atoms with Gasteiger partial charge in [-0.2, -0.15) is 0 Å². The zero-order valence-corrected chi connectivity index (χ0v) is 17.9. The quantitative estimate of drug-likeness (QED) is 0.316. The molecule has 166 valence electrons. The Hall–Kier alpha value is -3.68. The van der Waals surface area contributed by atoms with Crippen LogP contribution >= 0.6 is 0 Å². The molecule has 0 saturated heterocycles. The van der Waals surface area contributed by atoms with Gasteiger partial charge in [0.25, 0.3) is 0 Å². The van der Waals surface area contributed by atoms with E-state index in [1.165, 1.54) is 54.4 Å². The third-order valence-corrected chi connectivity index (χ3v) is 4.38. The van der Waals surface area contributed by atoms with Gasteiger partial charge in [-0.25, -0.2) is 4.79 Å². The Morgan fingerprint density at radius 1 is 0.968 bits per heavy atom. The molecule has 0 spiro atoms. The summed E-state index contributed by atoms with van der Waals surface area (Å²) in [5, 5.41) is 38.2. The number of amides is 1. The SMILES string of the molecule is CN(C(=O)C=Cc1ccc(O)c(O)c1)[C@@H](Cc1ccc(O)c(O)c1)C(=O)OC(C)(C)C. The lowest BCUT2D eigenvalue weighted by Gasteiger charge is -2.29. The second kappa shape index (κ2) is 9.42. The minimum Gasteiger partial charge on any atom is -0.504 e. The van der Waals surface area contributed by atoms with Crippen LogP contribution in [-0.4, -0.2) is 55.9 Å². The normalized spacial score (nSPS) is 12.5. The average molecular weight is 429 g/mol. The van der Waals surface area contributed by atoms with Crippen molar-refractivity contribution in [3.63, 3.8) is 0 Å². The molecule has 2 rings (SSSR count). The van der Waals surface area contributed by atoms with E-state index < -0.39 is 23.5 Å². The van der Waals surface area contributed by atoms with Crippen molar-refractivity contribution in [3.8, 4) is 23.0 Å². The van der Waals surface area contributed by atoms with E-state index in [0.717, 1.165) is 0 Å². The number of phenolic OH excluding ortho intramolecular Hbond substituents is 4. The topological polar surface area (TPSA) is 128 Å². The first-order valence-electron chi connectivity index (χ1n) is 9.58. The maximum absolute atomic E-state index is 12.8. The van der Waals surface area contributed by atoms with Crippen LogP contribution in [0, 0.1) is 0 Å². The predicted molar refractivity (Wildman–Crippen MR) is 115 cm³/mol. The Balaban J connectivity index is 2.26. The zero-order valence-electron chi connectivity index (χ0n) is 17.9. The van der Waals surface area contributed by atoms with Crippen molar-refractivity contribution in [3.05, 3.63) is 53.6 Å². The molecule has 4 N–H and O–H groups in total. The summed E-state index contributed by atoms with van der Waals surface area (Å²) in [7, 11) is 1.45. The number of nitrogens with zero attached hydrogens (tertiary/aromatic N) is 1. The van der Waals surface area contributed by atoms with Crippen LogP contribution in [0.25, 0.3) is 6.08 Å². The fourth-order valence-electron chi connectivity index (χ4n) is 2.75. The van der Waals surface area contributed by atoms with Crippen molar-refractivity contribution in [2.45, 2.75) is 38.8 Å². The lowest BCUT2D eigenvalue weighted by molar-refractivity contribution is -0.163. The predicted octanol–water partition coefficient (Wildman–Crippen LogP) is 2.93. The van der Waals surface area contributed by atoms with Crippen molar-refractivity contribution in [1.29, 1.82) is 0 Å². The van der Waals surface area contributed by atoms with Gasteiger partial charge in [-0.05, 0) is 62.2 Å². The highest BCUT2D eigenvalue weighted by atomic mass is 16.6. The molecule has 0 aromatic heterocycles.